The standard InChI is InChI=1S/C16H25NO3S/c1-11(18)21-10-14(19)15(20)13-7-5-12(6-8-13)9-17-16(2,3)4/h5-8,14-15,17,19-20H,9-10H2,1-4H3. The average Bonchev–Trinajstić information content (AvgIpc) is 2.41. The molecule has 3 N–H and O–H groups in total. The fourth-order valence-corrected chi connectivity index (χ4v) is 2.30. The smallest absolute Gasteiger partial charge is 0.185 e. The highest BCUT2D eigenvalue weighted by molar-refractivity contribution is 8.13. The van der Waals surface area contributed by atoms with E-state index in [4.69, 9.17) is 0 Å². The van der Waals surface area contributed by atoms with Crippen molar-refractivity contribution in [2.75, 3.05) is 5.75 Å². The predicted octanol–water partition coefficient (Wildman–Crippen LogP) is 2.25. The molecular weight excluding hydrogens is 286 g/mol. The summed E-state index contributed by atoms with van der Waals surface area (Å²) in [5.74, 6) is 0.198. The fraction of sp³-hybridized carbons (Fsp3) is 0.562. The van der Waals surface area contributed by atoms with Gasteiger partial charge in [0.05, 0.1) is 6.10 Å². The molecule has 5 heteroatoms. The summed E-state index contributed by atoms with van der Waals surface area (Å²) in [7, 11) is 0. The number of carbonyl (C=O) groups is 1. The quantitative estimate of drug-likeness (QED) is 0.752. The summed E-state index contributed by atoms with van der Waals surface area (Å²) in [5, 5.41) is 23.3. The van der Waals surface area contributed by atoms with Gasteiger partial charge in [-0.15, -0.1) is 0 Å². The Kier molecular flexibility index (Phi) is 6.87. The van der Waals surface area contributed by atoms with Gasteiger partial charge in [0.1, 0.15) is 6.10 Å². The van der Waals surface area contributed by atoms with Crippen LogP contribution in [0.5, 0.6) is 0 Å². The molecule has 0 aliphatic rings. The van der Waals surface area contributed by atoms with Crippen molar-refractivity contribution < 1.29 is 15.0 Å². The lowest BCUT2D eigenvalue weighted by Crippen LogP contribution is -2.35. The summed E-state index contributed by atoms with van der Waals surface area (Å²) >= 11 is 1.02. The second-order valence-electron chi connectivity index (χ2n) is 6.16. The van der Waals surface area contributed by atoms with Gasteiger partial charge in [-0.2, -0.15) is 0 Å². The van der Waals surface area contributed by atoms with Crippen molar-refractivity contribution in [2.24, 2.45) is 0 Å². The van der Waals surface area contributed by atoms with E-state index in [9.17, 15) is 15.0 Å². The molecule has 0 spiro atoms. The molecule has 1 rings (SSSR count). The highest BCUT2D eigenvalue weighted by Gasteiger charge is 2.19. The number of hydrogen-bond donors (Lipinski definition) is 3. The summed E-state index contributed by atoms with van der Waals surface area (Å²) in [6.45, 7) is 8.51. The number of aliphatic hydroxyl groups excluding tert-OH is 2. The predicted molar refractivity (Wildman–Crippen MR) is 87.1 cm³/mol. The maximum absolute atomic E-state index is 10.9. The first kappa shape index (κ1) is 18.2. The number of hydrogen-bond acceptors (Lipinski definition) is 5. The molecule has 118 valence electrons. The molecule has 0 saturated carbocycles. The molecule has 21 heavy (non-hydrogen) atoms. The molecule has 1 aromatic rings. The molecule has 0 bridgehead atoms. The van der Waals surface area contributed by atoms with Crippen LogP contribution in [0.3, 0.4) is 0 Å². The van der Waals surface area contributed by atoms with Crippen molar-refractivity contribution in [3.8, 4) is 0 Å². The van der Waals surface area contributed by atoms with Crippen molar-refractivity contribution in [3.63, 3.8) is 0 Å². The molecular formula is C16H25NO3S. The van der Waals surface area contributed by atoms with Crippen LogP contribution in [0, 0.1) is 0 Å². The van der Waals surface area contributed by atoms with Gasteiger partial charge in [-0.05, 0) is 31.9 Å². The molecule has 0 aliphatic heterocycles. The molecule has 4 nitrogen and oxygen atoms in total. The van der Waals surface area contributed by atoms with Crippen molar-refractivity contribution in [2.45, 2.75) is 52.0 Å². The summed E-state index contributed by atoms with van der Waals surface area (Å²) in [5.41, 5.74) is 1.83. The summed E-state index contributed by atoms with van der Waals surface area (Å²) in [6, 6.07) is 7.49. The third-order valence-electron chi connectivity index (χ3n) is 2.97. The van der Waals surface area contributed by atoms with Gasteiger partial charge in [0, 0.05) is 24.8 Å². The summed E-state index contributed by atoms with van der Waals surface area (Å²) < 4.78 is 0. The highest BCUT2D eigenvalue weighted by Crippen LogP contribution is 2.20. The Morgan fingerprint density at radius 2 is 1.81 bits per heavy atom. The van der Waals surface area contributed by atoms with Crippen LogP contribution in [-0.2, 0) is 11.3 Å². The molecule has 0 radical (unpaired) electrons. The van der Waals surface area contributed by atoms with Crippen LogP contribution in [0.2, 0.25) is 0 Å². The first-order valence-corrected chi connectivity index (χ1v) is 8.01. The molecule has 0 fully saturated rings. The topological polar surface area (TPSA) is 69.6 Å². The number of nitrogens with one attached hydrogen (secondary N) is 1. The van der Waals surface area contributed by atoms with Gasteiger partial charge in [0.2, 0.25) is 0 Å². The van der Waals surface area contributed by atoms with E-state index in [-0.39, 0.29) is 16.4 Å². The second-order valence-corrected chi connectivity index (χ2v) is 7.36. The zero-order valence-corrected chi connectivity index (χ0v) is 13.9. The van der Waals surface area contributed by atoms with Gasteiger partial charge in [0.15, 0.2) is 5.12 Å². The lowest BCUT2D eigenvalue weighted by Gasteiger charge is -2.21. The van der Waals surface area contributed by atoms with Crippen LogP contribution in [0.1, 0.15) is 44.9 Å². The Hall–Kier alpha value is -0.880. The van der Waals surface area contributed by atoms with E-state index in [1.165, 1.54) is 6.92 Å². The fourth-order valence-electron chi connectivity index (χ4n) is 1.72. The summed E-state index contributed by atoms with van der Waals surface area (Å²) in [6.07, 6.45) is -1.92. The number of aliphatic hydroxyl groups is 2. The molecule has 0 aliphatic carbocycles. The van der Waals surface area contributed by atoms with Crippen LogP contribution in [0.15, 0.2) is 24.3 Å². The van der Waals surface area contributed by atoms with Crippen LogP contribution in [0.4, 0.5) is 0 Å². The lowest BCUT2D eigenvalue weighted by atomic mass is 10.0. The first-order chi connectivity index (χ1) is 9.69. The van der Waals surface area contributed by atoms with E-state index in [0.29, 0.717) is 5.56 Å². The van der Waals surface area contributed by atoms with E-state index in [0.717, 1.165) is 23.9 Å². The first-order valence-electron chi connectivity index (χ1n) is 7.02. The van der Waals surface area contributed by atoms with Gasteiger partial charge in [-0.25, -0.2) is 0 Å². The number of benzene rings is 1. The zero-order valence-electron chi connectivity index (χ0n) is 13.1. The maximum atomic E-state index is 10.9. The third-order valence-corrected chi connectivity index (χ3v) is 3.88. The Morgan fingerprint density at radius 3 is 2.29 bits per heavy atom. The van der Waals surface area contributed by atoms with Crippen molar-refractivity contribution in [1.82, 2.24) is 5.32 Å². The Morgan fingerprint density at radius 1 is 1.24 bits per heavy atom. The van der Waals surface area contributed by atoms with Crippen LogP contribution >= 0.6 is 11.8 Å². The van der Waals surface area contributed by atoms with Crippen molar-refractivity contribution in [3.05, 3.63) is 35.4 Å². The van der Waals surface area contributed by atoms with Crippen LogP contribution < -0.4 is 5.32 Å². The van der Waals surface area contributed by atoms with E-state index in [1.54, 1.807) is 0 Å². The lowest BCUT2D eigenvalue weighted by molar-refractivity contribution is -0.109. The third kappa shape index (κ3) is 7.09. The number of thioether (sulfide) groups is 1. The Bertz CT molecular complexity index is 454. The zero-order chi connectivity index (χ0) is 16.0. The van der Waals surface area contributed by atoms with E-state index in [1.807, 2.05) is 24.3 Å². The molecule has 2 unspecified atom stereocenters. The number of carbonyl (C=O) groups excluding carboxylic acids is 1. The van der Waals surface area contributed by atoms with Crippen molar-refractivity contribution in [1.29, 1.82) is 0 Å². The molecule has 0 heterocycles. The van der Waals surface area contributed by atoms with Gasteiger partial charge in [-0.3, -0.25) is 4.79 Å². The highest BCUT2D eigenvalue weighted by atomic mass is 32.2. The normalized spacial score (nSPS) is 14.8. The van der Waals surface area contributed by atoms with E-state index >= 15 is 0 Å². The SMILES string of the molecule is CC(=O)SCC(O)C(O)c1ccc(CNC(C)(C)C)cc1. The van der Waals surface area contributed by atoms with Gasteiger partial charge in [-0.1, -0.05) is 36.0 Å². The largest absolute Gasteiger partial charge is 0.389 e. The Balaban J connectivity index is 2.58. The molecule has 0 saturated heterocycles. The molecule has 2 atom stereocenters. The molecule has 0 amide bonds. The maximum Gasteiger partial charge on any atom is 0.185 e. The molecule has 1 aromatic carbocycles. The second kappa shape index (κ2) is 7.94. The van der Waals surface area contributed by atoms with E-state index < -0.39 is 12.2 Å². The van der Waals surface area contributed by atoms with Crippen LogP contribution in [-0.4, -0.2) is 32.7 Å². The Labute approximate surface area is 131 Å². The molecule has 0 aromatic heterocycles. The minimum absolute atomic E-state index is 0.0539. The summed E-state index contributed by atoms with van der Waals surface area (Å²) in [4.78, 5) is 10.9. The minimum atomic E-state index is -0.971. The number of rotatable bonds is 6. The van der Waals surface area contributed by atoms with E-state index in [2.05, 4.69) is 26.1 Å². The monoisotopic (exact) mass is 311 g/mol. The minimum Gasteiger partial charge on any atom is -0.389 e. The van der Waals surface area contributed by atoms with Gasteiger partial charge < -0.3 is 15.5 Å². The average molecular weight is 311 g/mol. The van der Waals surface area contributed by atoms with Crippen molar-refractivity contribution >= 4 is 16.9 Å². The van der Waals surface area contributed by atoms with Crippen LogP contribution in [0.25, 0.3) is 0 Å². The van der Waals surface area contributed by atoms with Gasteiger partial charge in [0.25, 0.3) is 0 Å². The van der Waals surface area contributed by atoms with Gasteiger partial charge >= 0.3 is 0 Å².